The molecule has 2 aromatic heterocycles. The van der Waals surface area contributed by atoms with Gasteiger partial charge in [0, 0.05) is 79.4 Å². The minimum Gasteiger partial charge on any atom is -0.380 e. The predicted molar refractivity (Wildman–Crippen MR) is 293 cm³/mol. The van der Waals surface area contributed by atoms with E-state index in [9.17, 15) is 52.3 Å². The molecule has 0 spiro atoms. The minimum atomic E-state index is -0.861. The highest BCUT2D eigenvalue weighted by Gasteiger charge is 2.35. The molecule has 5 atom stereocenters. The number of aryl methyl sites for hydroxylation is 1. The molecule has 0 radical (unpaired) electrons. The Morgan fingerprint density at radius 2 is 1.65 bits per heavy atom. The highest BCUT2D eigenvalue weighted by atomic mass is 31.0. The van der Waals surface area contributed by atoms with Gasteiger partial charge in [-0.2, -0.15) is 0 Å². The van der Waals surface area contributed by atoms with E-state index in [1.54, 1.807) is 11.7 Å². The third-order valence-corrected chi connectivity index (χ3v) is 13.2. The van der Waals surface area contributed by atoms with Gasteiger partial charge in [-0.3, -0.25) is 38.5 Å². The van der Waals surface area contributed by atoms with Crippen LogP contribution in [0.1, 0.15) is 98.2 Å². The summed E-state index contributed by atoms with van der Waals surface area (Å²) >= 11 is 0. The van der Waals surface area contributed by atoms with Gasteiger partial charge < -0.3 is 70.9 Å². The number of carbonyl (C=O) groups is 10. The molecular formula is C53H76FN10O13P. The zero-order chi connectivity index (χ0) is 58.3. The number of ether oxygens (including phenoxy) is 2. The summed E-state index contributed by atoms with van der Waals surface area (Å²) in [5, 5.41) is 17.3. The summed E-state index contributed by atoms with van der Waals surface area (Å²) in [5.74, 6) is -0.831. The zero-order valence-electron chi connectivity index (χ0n) is 45.4. The van der Waals surface area contributed by atoms with Crippen molar-refractivity contribution in [3.05, 3.63) is 73.8 Å². The molecule has 23 nitrogen and oxygen atoms in total. The van der Waals surface area contributed by atoms with Gasteiger partial charge in [-0.05, 0) is 87.6 Å². The number of methoxy groups -OCH3 is 1. The van der Waals surface area contributed by atoms with Crippen LogP contribution in [0.4, 0.5) is 4.39 Å². The fourth-order valence-corrected chi connectivity index (χ4v) is 8.25. The number of amides is 6. The van der Waals surface area contributed by atoms with E-state index in [4.69, 9.17) is 14.5 Å². The van der Waals surface area contributed by atoms with Crippen molar-refractivity contribution < 1.29 is 61.8 Å². The normalized spacial score (nSPS) is 15.1. The number of rotatable bonds is 24. The SMILES string of the molecule is CC1CC1.CCC(C=O)c1cc2n(c(=O)c1COC)Cc1c-2nc2cc(F)c(C)c3c2c1C(NC)CC3.CNCCC(=O)NC(C)CP.NC=O.O=CCNCC(C=O)N1C(=O)C=CC1=O.O=CCOCNC(=O)CNC=O. The number of nitrogens with zero attached hydrogens (tertiary/aromatic N) is 3. The topological polar surface area (TPSA) is 325 Å². The van der Waals surface area contributed by atoms with Crippen molar-refractivity contribution in [1.82, 2.24) is 46.4 Å². The first kappa shape index (κ1) is 67.3. The fourth-order valence-electron chi connectivity index (χ4n) is 8.14. The lowest BCUT2D eigenvalue weighted by Gasteiger charge is -2.28. The Bertz CT molecular complexity index is 2610. The average molecular weight is 1110 g/mol. The van der Waals surface area contributed by atoms with Crippen LogP contribution in [-0.2, 0) is 77.0 Å². The number of carbonyl (C=O) groups excluding carboxylic acids is 10. The Balaban J connectivity index is 0.000000384. The van der Waals surface area contributed by atoms with E-state index in [-0.39, 0.29) is 81.3 Å². The van der Waals surface area contributed by atoms with E-state index >= 15 is 0 Å². The second-order valence-electron chi connectivity index (χ2n) is 18.1. The second kappa shape index (κ2) is 36.3. The van der Waals surface area contributed by atoms with Gasteiger partial charge in [-0.15, -0.1) is 9.24 Å². The number of nitrogens with two attached hydrogens (primary N) is 1. The van der Waals surface area contributed by atoms with Crippen molar-refractivity contribution in [2.75, 3.05) is 66.9 Å². The quantitative estimate of drug-likeness (QED) is 0.0167. The third-order valence-electron chi connectivity index (χ3n) is 12.5. The van der Waals surface area contributed by atoms with E-state index < -0.39 is 23.8 Å². The van der Waals surface area contributed by atoms with Gasteiger partial charge in [0.25, 0.3) is 17.4 Å². The van der Waals surface area contributed by atoms with Gasteiger partial charge >= 0.3 is 0 Å². The third kappa shape index (κ3) is 20.2. The molecule has 0 saturated heterocycles. The van der Waals surface area contributed by atoms with E-state index in [0.29, 0.717) is 78.2 Å². The first-order valence-electron chi connectivity index (χ1n) is 25.4. The van der Waals surface area contributed by atoms with Gasteiger partial charge in [-0.1, -0.05) is 26.7 Å². The van der Waals surface area contributed by atoms with Crippen molar-refractivity contribution in [2.24, 2.45) is 11.7 Å². The number of pyridine rings is 2. The van der Waals surface area contributed by atoms with E-state index in [1.165, 1.54) is 18.9 Å². The Labute approximate surface area is 455 Å². The second-order valence-corrected chi connectivity index (χ2v) is 18.6. The molecule has 2 aliphatic heterocycles. The Morgan fingerprint density at radius 3 is 2.18 bits per heavy atom. The van der Waals surface area contributed by atoms with Crippen LogP contribution in [0.2, 0.25) is 0 Å². The largest absolute Gasteiger partial charge is 0.380 e. The molecule has 5 unspecified atom stereocenters. The summed E-state index contributed by atoms with van der Waals surface area (Å²) in [6.07, 6.45) is 12.2. The zero-order valence-corrected chi connectivity index (χ0v) is 46.6. The first-order valence-corrected chi connectivity index (χ1v) is 26.2. The van der Waals surface area contributed by atoms with E-state index in [1.807, 2.05) is 40.9 Å². The molecule has 7 rings (SSSR count). The minimum absolute atomic E-state index is 0.0297. The fraction of sp³-hybridized carbons (Fsp3) is 0.509. The van der Waals surface area contributed by atoms with Crippen LogP contribution in [-0.4, -0.2) is 155 Å². The highest BCUT2D eigenvalue weighted by molar-refractivity contribution is 7.16. The molecular weight excluding hydrogens is 1030 g/mol. The molecule has 428 valence electrons. The number of hydrogen-bond acceptors (Lipinski definition) is 17. The number of imide groups is 1. The first-order chi connectivity index (χ1) is 37.5. The van der Waals surface area contributed by atoms with Crippen LogP contribution in [0.5, 0.6) is 0 Å². The number of fused-ring (bicyclic) bond motifs is 4. The van der Waals surface area contributed by atoms with Gasteiger partial charge in [-0.25, -0.2) is 9.37 Å². The maximum Gasteiger partial charge on any atom is 0.257 e. The average Bonchev–Trinajstić information content (AvgIpc) is 4.23. The monoisotopic (exact) mass is 1110 g/mol. The number of nitrogens with one attached hydrogen (secondary N) is 6. The molecule has 8 N–H and O–H groups in total. The molecule has 1 saturated carbocycles. The van der Waals surface area contributed by atoms with Crippen LogP contribution in [0.3, 0.4) is 0 Å². The molecule has 4 aliphatic rings. The summed E-state index contributed by atoms with van der Waals surface area (Å²) < 4.78 is 26.4. The molecule has 25 heteroatoms. The number of benzene rings is 1. The number of aldehydes is 4. The standard InChI is InChI=1S/C26H28FN3O3.C9H10N2O4.C7H17N2OP.C6H10N2O4.C4H8.CH3NO/c1-5-14(11-31)16-8-22-25-17(10-30(22)26(32)18(16)12-33-4)24-20(28-3)7-6-15-13(2)19(27)9-21(29-25)23(15)24;12-4-3-10-5-7(6-13)11-8(14)1-2-9(11)15;1-6(5-11)9-7(10)3-4-8-2;9-1-2-12-5-8-6(11)3-7-4-10;1-4-2-3-4;2-1-3/h8-9,11,14,20,28H,5-7,10,12H2,1-4H3;1-2,4,6-7,10H,3,5H2;6,8H,3-5,11H2,1-2H3,(H,9,10);1,4H,2-3,5H2,(H,7,10)(H,8,11);4H,2-3H2,1H3;1H,(H2,2,3). The molecule has 6 amide bonds. The molecule has 1 fully saturated rings. The van der Waals surface area contributed by atoms with Crippen LogP contribution in [0, 0.1) is 18.7 Å². The highest BCUT2D eigenvalue weighted by Crippen LogP contribution is 2.45. The molecule has 3 aromatic rings. The number of aromatic nitrogens is 2. The van der Waals surface area contributed by atoms with Crippen molar-refractivity contribution in [1.29, 1.82) is 0 Å². The lowest BCUT2D eigenvalue weighted by Crippen LogP contribution is -2.47. The predicted octanol–water partition coefficient (Wildman–Crippen LogP) is 0.701. The summed E-state index contributed by atoms with van der Waals surface area (Å²) in [7, 11) is 7.92. The number of hydrogen-bond donors (Lipinski definition) is 7. The maximum atomic E-state index is 14.8. The number of halogens is 1. The van der Waals surface area contributed by atoms with Crippen molar-refractivity contribution in [3.63, 3.8) is 0 Å². The summed E-state index contributed by atoms with van der Waals surface area (Å²) in [4.78, 5) is 124. The Kier molecular flexibility index (Phi) is 31.3. The van der Waals surface area contributed by atoms with Crippen molar-refractivity contribution in [2.45, 2.75) is 103 Å². The molecule has 2 aliphatic carbocycles. The van der Waals surface area contributed by atoms with Crippen molar-refractivity contribution in [3.8, 4) is 11.4 Å². The summed E-state index contributed by atoms with van der Waals surface area (Å²) in [6, 6.07) is 2.93. The molecule has 0 bridgehead atoms. The van der Waals surface area contributed by atoms with Gasteiger partial charge in [0.15, 0.2) is 0 Å². The lowest BCUT2D eigenvalue weighted by molar-refractivity contribution is -0.141. The van der Waals surface area contributed by atoms with Gasteiger partial charge in [0.1, 0.15) is 50.3 Å². The van der Waals surface area contributed by atoms with E-state index in [0.717, 1.165) is 76.9 Å². The molecule has 78 heavy (non-hydrogen) atoms. The van der Waals surface area contributed by atoms with Crippen LogP contribution in [0.15, 0.2) is 29.1 Å². The number of primary amides is 1. The van der Waals surface area contributed by atoms with Gasteiger partial charge in [0.2, 0.25) is 24.6 Å². The van der Waals surface area contributed by atoms with Crippen LogP contribution in [0.25, 0.3) is 22.3 Å². The Hall–Kier alpha value is -6.82. The van der Waals surface area contributed by atoms with Crippen molar-refractivity contribution >= 4 is 81.7 Å². The Morgan fingerprint density at radius 1 is 0.987 bits per heavy atom. The lowest BCUT2D eigenvalue weighted by atomic mass is 9.82. The van der Waals surface area contributed by atoms with Crippen LogP contribution < -0.4 is 43.2 Å². The summed E-state index contributed by atoms with van der Waals surface area (Å²) in [5.41, 5.74) is 11.0. The smallest absolute Gasteiger partial charge is 0.257 e. The maximum absolute atomic E-state index is 14.8. The summed E-state index contributed by atoms with van der Waals surface area (Å²) in [6.45, 7) is 9.31. The molecule has 1 aromatic carbocycles. The molecule has 4 heterocycles. The van der Waals surface area contributed by atoms with E-state index in [2.05, 4.69) is 58.5 Å². The van der Waals surface area contributed by atoms with Gasteiger partial charge in [0.05, 0.1) is 43.1 Å². The van der Waals surface area contributed by atoms with Crippen LogP contribution >= 0.6 is 9.24 Å².